The van der Waals surface area contributed by atoms with Gasteiger partial charge in [0, 0.05) is 11.6 Å². The van der Waals surface area contributed by atoms with Gasteiger partial charge in [0.05, 0.1) is 0 Å². The van der Waals surface area contributed by atoms with Crippen molar-refractivity contribution in [1.82, 2.24) is 5.32 Å². The van der Waals surface area contributed by atoms with Crippen LogP contribution in [-0.4, -0.2) is 24.2 Å². The van der Waals surface area contributed by atoms with Gasteiger partial charge in [-0.2, -0.15) is 0 Å². The van der Waals surface area contributed by atoms with E-state index in [2.05, 4.69) is 5.32 Å². The summed E-state index contributed by atoms with van der Waals surface area (Å²) in [4.78, 5) is 10.5. The number of nitrogens with one attached hydrogen (secondary N) is 1. The van der Waals surface area contributed by atoms with E-state index in [9.17, 15) is 4.79 Å². The molecule has 0 radical (unpaired) electrons. The summed E-state index contributed by atoms with van der Waals surface area (Å²) in [5.74, 6) is -0.843. The lowest BCUT2D eigenvalue weighted by Gasteiger charge is -2.12. The molecular weight excluding hydrogens is 142 g/mol. The van der Waals surface area contributed by atoms with Gasteiger partial charge in [-0.1, -0.05) is 0 Å². The van der Waals surface area contributed by atoms with Gasteiger partial charge in [-0.3, -0.25) is 0 Å². The zero-order valence-electron chi connectivity index (χ0n) is 7.43. The van der Waals surface area contributed by atoms with Crippen LogP contribution in [0.1, 0.15) is 20.8 Å². The van der Waals surface area contributed by atoms with Crippen molar-refractivity contribution in [2.45, 2.75) is 26.8 Å². The molecule has 64 valence electrons. The summed E-state index contributed by atoms with van der Waals surface area (Å²) in [6.45, 7) is 5.37. The average Bonchev–Trinajstić information content (AvgIpc) is 2.00. The Kier molecular flexibility index (Phi) is 3.82. The first-order valence-corrected chi connectivity index (χ1v) is 3.58. The van der Waals surface area contributed by atoms with E-state index in [-0.39, 0.29) is 6.04 Å². The third-order valence-corrected chi connectivity index (χ3v) is 1.99. The van der Waals surface area contributed by atoms with Gasteiger partial charge in [0.1, 0.15) is 0 Å². The number of hydrogen-bond acceptors (Lipinski definition) is 2. The van der Waals surface area contributed by atoms with Crippen LogP contribution in [0.3, 0.4) is 0 Å². The summed E-state index contributed by atoms with van der Waals surface area (Å²) in [6, 6.07) is 0.131. The molecular formula is C8H15NO2. The highest BCUT2D eigenvalue weighted by molar-refractivity contribution is 5.86. The minimum Gasteiger partial charge on any atom is -0.478 e. The normalized spacial score (nSPS) is 15.6. The highest BCUT2D eigenvalue weighted by Crippen LogP contribution is 2.07. The SMILES string of the molecule is CN[C@@H](C)/C(C)=C(\C)C(=O)O. The molecule has 0 saturated carbocycles. The second-order valence-corrected chi connectivity index (χ2v) is 2.62. The Hall–Kier alpha value is -0.830. The summed E-state index contributed by atoms with van der Waals surface area (Å²) in [5, 5.41) is 11.6. The van der Waals surface area contributed by atoms with Crippen LogP contribution in [0.25, 0.3) is 0 Å². The predicted molar refractivity (Wildman–Crippen MR) is 44.5 cm³/mol. The van der Waals surface area contributed by atoms with E-state index in [0.717, 1.165) is 5.57 Å². The minimum absolute atomic E-state index is 0.131. The van der Waals surface area contributed by atoms with Crippen molar-refractivity contribution in [1.29, 1.82) is 0 Å². The summed E-state index contributed by atoms with van der Waals surface area (Å²) in [5.41, 5.74) is 1.30. The van der Waals surface area contributed by atoms with E-state index in [4.69, 9.17) is 5.11 Å². The van der Waals surface area contributed by atoms with Crippen LogP contribution in [0.4, 0.5) is 0 Å². The fourth-order valence-corrected chi connectivity index (χ4v) is 0.710. The molecule has 3 nitrogen and oxygen atoms in total. The Morgan fingerprint density at radius 1 is 1.45 bits per heavy atom. The van der Waals surface area contributed by atoms with Crippen molar-refractivity contribution in [3.63, 3.8) is 0 Å². The van der Waals surface area contributed by atoms with E-state index < -0.39 is 5.97 Å². The maximum atomic E-state index is 10.5. The number of carboxylic acids is 1. The Morgan fingerprint density at radius 3 is 2.18 bits per heavy atom. The second kappa shape index (κ2) is 4.13. The summed E-state index contributed by atoms with van der Waals surface area (Å²) < 4.78 is 0. The monoisotopic (exact) mass is 157 g/mol. The summed E-state index contributed by atoms with van der Waals surface area (Å²) in [7, 11) is 1.81. The topological polar surface area (TPSA) is 49.3 Å². The van der Waals surface area contributed by atoms with E-state index in [1.807, 2.05) is 20.9 Å². The molecule has 11 heavy (non-hydrogen) atoms. The zero-order valence-corrected chi connectivity index (χ0v) is 7.43. The van der Waals surface area contributed by atoms with E-state index in [1.165, 1.54) is 0 Å². The standard InChI is InChI=1S/C8H15NO2/c1-5(7(3)9-4)6(2)8(10)11/h7,9H,1-4H3,(H,10,11)/b6-5+/t7-/m0/s1. The van der Waals surface area contributed by atoms with E-state index in [1.54, 1.807) is 6.92 Å². The number of aliphatic carboxylic acids is 1. The summed E-state index contributed by atoms with van der Waals surface area (Å²) >= 11 is 0. The number of hydrogen-bond donors (Lipinski definition) is 2. The van der Waals surface area contributed by atoms with Gasteiger partial charge in [0.2, 0.25) is 0 Å². The van der Waals surface area contributed by atoms with Crippen molar-refractivity contribution in [2.75, 3.05) is 7.05 Å². The van der Waals surface area contributed by atoms with Gasteiger partial charge in [-0.25, -0.2) is 4.79 Å². The first-order chi connectivity index (χ1) is 5.00. The van der Waals surface area contributed by atoms with Crippen molar-refractivity contribution in [2.24, 2.45) is 0 Å². The lowest BCUT2D eigenvalue weighted by atomic mass is 10.1. The Morgan fingerprint density at radius 2 is 1.91 bits per heavy atom. The van der Waals surface area contributed by atoms with Crippen LogP contribution in [0.5, 0.6) is 0 Å². The third kappa shape index (κ3) is 2.72. The molecule has 0 spiro atoms. The molecule has 1 atom stereocenters. The van der Waals surface area contributed by atoms with Gasteiger partial charge < -0.3 is 10.4 Å². The number of likely N-dealkylation sites (N-methyl/N-ethyl adjacent to an activating group) is 1. The third-order valence-electron chi connectivity index (χ3n) is 1.99. The van der Waals surface area contributed by atoms with Crippen molar-refractivity contribution >= 4 is 5.97 Å². The van der Waals surface area contributed by atoms with Crippen molar-refractivity contribution in [3.8, 4) is 0 Å². The van der Waals surface area contributed by atoms with Gasteiger partial charge in [-0.05, 0) is 33.4 Å². The first kappa shape index (κ1) is 10.2. The van der Waals surface area contributed by atoms with Gasteiger partial charge in [0.25, 0.3) is 0 Å². The molecule has 2 N–H and O–H groups in total. The molecule has 0 aliphatic rings. The minimum atomic E-state index is -0.843. The molecule has 3 heteroatoms. The summed E-state index contributed by atoms with van der Waals surface area (Å²) in [6.07, 6.45) is 0. The molecule has 0 fully saturated rings. The lowest BCUT2D eigenvalue weighted by Crippen LogP contribution is -2.24. The van der Waals surface area contributed by atoms with Crippen LogP contribution in [0.15, 0.2) is 11.1 Å². The van der Waals surface area contributed by atoms with Crippen LogP contribution in [-0.2, 0) is 4.79 Å². The molecule has 0 unspecified atom stereocenters. The Labute approximate surface area is 67.1 Å². The van der Waals surface area contributed by atoms with Crippen molar-refractivity contribution in [3.05, 3.63) is 11.1 Å². The molecule has 0 aromatic rings. The molecule has 0 heterocycles. The largest absolute Gasteiger partial charge is 0.478 e. The van der Waals surface area contributed by atoms with Gasteiger partial charge >= 0.3 is 5.97 Å². The van der Waals surface area contributed by atoms with Crippen LogP contribution in [0.2, 0.25) is 0 Å². The highest BCUT2D eigenvalue weighted by atomic mass is 16.4. The molecule has 0 bridgehead atoms. The predicted octanol–water partition coefficient (Wildman–Crippen LogP) is 1.02. The maximum absolute atomic E-state index is 10.5. The van der Waals surface area contributed by atoms with Crippen molar-refractivity contribution < 1.29 is 9.90 Å². The molecule has 0 aromatic carbocycles. The fraction of sp³-hybridized carbons (Fsp3) is 0.625. The molecule has 0 aliphatic heterocycles. The second-order valence-electron chi connectivity index (χ2n) is 2.62. The fourth-order valence-electron chi connectivity index (χ4n) is 0.710. The van der Waals surface area contributed by atoms with Crippen LogP contribution >= 0.6 is 0 Å². The van der Waals surface area contributed by atoms with Gasteiger partial charge in [-0.15, -0.1) is 0 Å². The van der Waals surface area contributed by atoms with E-state index >= 15 is 0 Å². The Balaban J connectivity index is 4.51. The quantitative estimate of drug-likeness (QED) is 0.601. The highest BCUT2D eigenvalue weighted by Gasteiger charge is 2.09. The molecule has 0 aliphatic carbocycles. The average molecular weight is 157 g/mol. The smallest absolute Gasteiger partial charge is 0.331 e. The number of carbonyl (C=O) groups is 1. The maximum Gasteiger partial charge on any atom is 0.331 e. The zero-order chi connectivity index (χ0) is 9.02. The lowest BCUT2D eigenvalue weighted by molar-refractivity contribution is -0.132. The van der Waals surface area contributed by atoms with Gasteiger partial charge in [0.15, 0.2) is 0 Å². The molecule has 0 amide bonds. The van der Waals surface area contributed by atoms with Crippen LogP contribution < -0.4 is 5.32 Å². The number of carboxylic acid groups (broad SMARTS) is 1. The van der Waals surface area contributed by atoms with Crippen LogP contribution in [0, 0.1) is 0 Å². The van der Waals surface area contributed by atoms with E-state index in [0.29, 0.717) is 5.57 Å². The Bertz CT molecular complexity index is 185. The molecule has 0 rings (SSSR count). The number of rotatable bonds is 3. The molecule has 0 aromatic heterocycles. The molecule has 0 saturated heterocycles. The first-order valence-electron chi connectivity index (χ1n) is 3.58.